The molecule has 2 aromatic rings. The van der Waals surface area contributed by atoms with Crippen molar-refractivity contribution in [3.63, 3.8) is 0 Å². The van der Waals surface area contributed by atoms with Crippen LogP contribution in [0.15, 0.2) is 31.0 Å². The Morgan fingerprint density at radius 1 is 1.32 bits per heavy atom. The lowest BCUT2D eigenvalue weighted by Crippen LogP contribution is -2.44. The number of unbranched alkanes of at least 4 members (excludes halogenated alkanes) is 2. The number of aromatic nitrogens is 4. The predicted molar refractivity (Wildman–Crippen MR) is 111 cm³/mol. The molecule has 2 unspecified atom stereocenters. The molecule has 1 N–H and O–H groups in total. The minimum atomic E-state index is 0.143. The highest BCUT2D eigenvalue weighted by atomic mass is 16.1. The van der Waals surface area contributed by atoms with Crippen molar-refractivity contribution in [2.24, 2.45) is 0 Å². The summed E-state index contributed by atoms with van der Waals surface area (Å²) in [4.78, 5) is 28.0. The highest BCUT2D eigenvalue weighted by Gasteiger charge is 2.26. The van der Waals surface area contributed by atoms with E-state index in [0.29, 0.717) is 12.4 Å². The van der Waals surface area contributed by atoms with Crippen LogP contribution in [-0.2, 0) is 4.79 Å². The van der Waals surface area contributed by atoms with E-state index in [1.165, 1.54) is 19.3 Å². The number of nitrogens with one attached hydrogen (secondary N) is 1. The molecule has 2 aromatic heterocycles. The normalized spacial score (nSPS) is 18.1. The van der Waals surface area contributed by atoms with Crippen LogP contribution in [0.3, 0.4) is 0 Å². The average Bonchev–Trinajstić information content (AvgIpc) is 3.23. The maximum Gasteiger partial charge on any atom is 0.236 e. The van der Waals surface area contributed by atoms with Gasteiger partial charge in [-0.2, -0.15) is 4.98 Å². The molecule has 7 nitrogen and oxygen atoms in total. The Kier molecular flexibility index (Phi) is 7.39. The quantitative estimate of drug-likeness (QED) is 0.670. The molecule has 0 bridgehead atoms. The maximum atomic E-state index is 12.6. The van der Waals surface area contributed by atoms with Crippen molar-refractivity contribution in [3.05, 3.63) is 31.0 Å². The van der Waals surface area contributed by atoms with Crippen LogP contribution in [0.2, 0.25) is 0 Å². The van der Waals surface area contributed by atoms with Crippen LogP contribution in [0.1, 0.15) is 65.2 Å². The lowest BCUT2D eigenvalue weighted by atomic mass is 9.98. The molecule has 152 valence electrons. The number of anilines is 1. The molecule has 1 aliphatic heterocycles. The minimum Gasteiger partial charge on any atom is -0.354 e. The minimum absolute atomic E-state index is 0.143. The van der Waals surface area contributed by atoms with E-state index in [0.717, 1.165) is 38.0 Å². The number of carbonyl (C=O) groups is 1. The van der Waals surface area contributed by atoms with Gasteiger partial charge in [0, 0.05) is 43.6 Å². The highest BCUT2D eigenvalue weighted by Crippen LogP contribution is 2.25. The van der Waals surface area contributed by atoms with E-state index in [1.54, 1.807) is 23.3 Å². The van der Waals surface area contributed by atoms with Crippen LogP contribution in [0.5, 0.6) is 0 Å². The monoisotopic (exact) mass is 384 g/mol. The summed E-state index contributed by atoms with van der Waals surface area (Å²) in [6.07, 6.45) is 15.5. The molecule has 0 spiro atoms. The fourth-order valence-corrected chi connectivity index (χ4v) is 3.84. The van der Waals surface area contributed by atoms with Gasteiger partial charge in [-0.05, 0) is 38.7 Å². The van der Waals surface area contributed by atoms with Gasteiger partial charge in [0.05, 0.1) is 0 Å². The summed E-state index contributed by atoms with van der Waals surface area (Å²) >= 11 is 0. The second-order valence-corrected chi connectivity index (χ2v) is 7.70. The number of imidazole rings is 1. The highest BCUT2D eigenvalue weighted by molar-refractivity contribution is 5.77. The van der Waals surface area contributed by atoms with Crippen molar-refractivity contribution in [2.45, 2.75) is 77.3 Å². The van der Waals surface area contributed by atoms with Crippen molar-refractivity contribution in [3.8, 4) is 5.95 Å². The molecule has 2 atom stereocenters. The summed E-state index contributed by atoms with van der Waals surface area (Å²) in [5.74, 6) is 1.63. The molecule has 7 heteroatoms. The van der Waals surface area contributed by atoms with E-state index in [9.17, 15) is 4.79 Å². The van der Waals surface area contributed by atoms with Crippen molar-refractivity contribution in [2.75, 3.05) is 11.4 Å². The van der Waals surface area contributed by atoms with Crippen LogP contribution in [0, 0.1) is 0 Å². The number of piperidine rings is 1. The second kappa shape index (κ2) is 10.2. The standard InChI is InChI=1S/C21H32N6O/c1-3-4-5-8-17(2)24-20(28)15-18-9-6-7-13-27(18)19-10-11-23-21(25-19)26-14-12-22-16-26/h10-12,14,16-18H,3-9,13,15H2,1-2H3,(H,24,28). The smallest absolute Gasteiger partial charge is 0.236 e. The molecular formula is C21H32N6O. The number of hydrogen-bond donors (Lipinski definition) is 1. The molecule has 1 saturated heterocycles. The Bertz CT molecular complexity index is 732. The van der Waals surface area contributed by atoms with Gasteiger partial charge in [-0.1, -0.05) is 26.2 Å². The van der Waals surface area contributed by atoms with Gasteiger partial charge in [-0.3, -0.25) is 9.36 Å². The van der Waals surface area contributed by atoms with Gasteiger partial charge < -0.3 is 10.2 Å². The molecule has 0 radical (unpaired) electrons. The van der Waals surface area contributed by atoms with Crippen molar-refractivity contribution in [1.29, 1.82) is 0 Å². The van der Waals surface area contributed by atoms with E-state index in [-0.39, 0.29) is 18.0 Å². The third-order valence-corrected chi connectivity index (χ3v) is 5.35. The van der Waals surface area contributed by atoms with Crippen molar-refractivity contribution < 1.29 is 4.79 Å². The van der Waals surface area contributed by atoms with Crippen molar-refractivity contribution >= 4 is 11.7 Å². The molecule has 3 heterocycles. The van der Waals surface area contributed by atoms with Crippen LogP contribution in [-0.4, -0.2) is 44.1 Å². The van der Waals surface area contributed by atoms with Crippen LogP contribution in [0.25, 0.3) is 5.95 Å². The van der Waals surface area contributed by atoms with Gasteiger partial charge in [-0.25, -0.2) is 9.97 Å². The first-order valence-corrected chi connectivity index (χ1v) is 10.5. The van der Waals surface area contributed by atoms with Gasteiger partial charge >= 0.3 is 0 Å². The predicted octanol–water partition coefficient (Wildman–Crippen LogP) is 3.50. The second-order valence-electron chi connectivity index (χ2n) is 7.70. The van der Waals surface area contributed by atoms with Gasteiger partial charge in [0.25, 0.3) is 0 Å². The first-order chi connectivity index (χ1) is 13.7. The van der Waals surface area contributed by atoms with E-state index in [2.05, 4.69) is 34.0 Å². The fraction of sp³-hybridized carbons (Fsp3) is 0.619. The van der Waals surface area contributed by atoms with Crippen LogP contribution in [0.4, 0.5) is 5.82 Å². The largest absolute Gasteiger partial charge is 0.354 e. The summed E-state index contributed by atoms with van der Waals surface area (Å²) in [7, 11) is 0. The maximum absolute atomic E-state index is 12.6. The Morgan fingerprint density at radius 3 is 3.00 bits per heavy atom. The SMILES string of the molecule is CCCCCC(C)NC(=O)CC1CCCCN1c1ccnc(-n2ccnc2)n1. The lowest BCUT2D eigenvalue weighted by molar-refractivity contribution is -0.122. The van der Waals surface area contributed by atoms with Gasteiger partial charge in [-0.15, -0.1) is 0 Å². The summed E-state index contributed by atoms with van der Waals surface area (Å²) in [6, 6.07) is 2.36. The fourth-order valence-electron chi connectivity index (χ4n) is 3.84. The number of hydrogen-bond acceptors (Lipinski definition) is 5. The van der Waals surface area contributed by atoms with E-state index < -0.39 is 0 Å². The first-order valence-electron chi connectivity index (χ1n) is 10.5. The van der Waals surface area contributed by atoms with Gasteiger partial charge in [0.2, 0.25) is 11.9 Å². The summed E-state index contributed by atoms with van der Waals surface area (Å²) in [5, 5.41) is 3.18. The molecule has 3 rings (SSSR count). The molecule has 1 fully saturated rings. The molecule has 1 aliphatic rings. The molecule has 0 aromatic carbocycles. The number of rotatable bonds is 9. The Hall–Kier alpha value is -2.44. The zero-order chi connectivity index (χ0) is 19.8. The zero-order valence-corrected chi connectivity index (χ0v) is 17.0. The molecule has 0 aliphatic carbocycles. The Morgan fingerprint density at radius 2 is 2.21 bits per heavy atom. The van der Waals surface area contributed by atoms with E-state index in [4.69, 9.17) is 4.98 Å². The summed E-state index contributed by atoms with van der Waals surface area (Å²) < 4.78 is 1.80. The van der Waals surface area contributed by atoms with Gasteiger partial charge in [0.15, 0.2) is 0 Å². The molecular weight excluding hydrogens is 352 g/mol. The molecule has 0 saturated carbocycles. The number of amides is 1. The summed E-state index contributed by atoms with van der Waals surface area (Å²) in [6.45, 7) is 5.23. The van der Waals surface area contributed by atoms with Crippen LogP contribution < -0.4 is 10.2 Å². The number of nitrogens with zero attached hydrogens (tertiary/aromatic N) is 5. The zero-order valence-electron chi connectivity index (χ0n) is 17.0. The summed E-state index contributed by atoms with van der Waals surface area (Å²) in [5.41, 5.74) is 0. The van der Waals surface area contributed by atoms with Crippen LogP contribution >= 0.6 is 0 Å². The van der Waals surface area contributed by atoms with Gasteiger partial charge in [0.1, 0.15) is 12.1 Å². The topological polar surface area (TPSA) is 75.9 Å². The average molecular weight is 385 g/mol. The van der Waals surface area contributed by atoms with Crippen molar-refractivity contribution in [1.82, 2.24) is 24.8 Å². The Balaban J connectivity index is 1.63. The Labute approximate surface area is 167 Å². The third kappa shape index (κ3) is 5.53. The number of carbonyl (C=O) groups excluding carboxylic acids is 1. The van der Waals surface area contributed by atoms with E-state index in [1.807, 2.05) is 12.3 Å². The van der Waals surface area contributed by atoms with E-state index >= 15 is 0 Å². The molecule has 28 heavy (non-hydrogen) atoms. The lowest BCUT2D eigenvalue weighted by Gasteiger charge is -2.36. The molecule has 1 amide bonds. The third-order valence-electron chi connectivity index (χ3n) is 5.35. The first kappa shape index (κ1) is 20.3.